The van der Waals surface area contributed by atoms with Crippen LogP contribution in [0.2, 0.25) is 0 Å². The largest absolute Gasteiger partial charge is 0.496 e. The third kappa shape index (κ3) is 1.77. The van der Waals surface area contributed by atoms with Crippen LogP contribution < -0.4 is 14.8 Å². The fraction of sp³-hybridized carbons (Fsp3) is 0.600. The Bertz CT molecular complexity index is 466. The first-order chi connectivity index (χ1) is 8.76. The molecule has 1 N–H and O–H groups in total. The summed E-state index contributed by atoms with van der Waals surface area (Å²) in [5.74, 6) is 2.86. The second-order valence-corrected chi connectivity index (χ2v) is 5.34. The minimum Gasteiger partial charge on any atom is -0.496 e. The van der Waals surface area contributed by atoms with Crippen LogP contribution in [-0.2, 0) is 6.42 Å². The summed E-state index contributed by atoms with van der Waals surface area (Å²) < 4.78 is 11.2. The minimum absolute atomic E-state index is 0.456. The van der Waals surface area contributed by atoms with Crippen molar-refractivity contribution in [2.45, 2.75) is 32.2 Å². The molecule has 0 saturated heterocycles. The maximum Gasteiger partial charge on any atom is 0.127 e. The summed E-state index contributed by atoms with van der Waals surface area (Å²) in [7, 11) is 3.53. The van der Waals surface area contributed by atoms with E-state index in [1.54, 1.807) is 14.2 Å². The van der Waals surface area contributed by atoms with Crippen molar-refractivity contribution < 1.29 is 9.47 Å². The Balaban J connectivity index is 2.17. The molecule has 1 unspecified atom stereocenters. The Morgan fingerprint density at radius 3 is 2.61 bits per heavy atom. The average molecular weight is 247 g/mol. The van der Waals surface area contributed by atoms with Crippen LogP contribution in [-0.4, -0.2) is 20.8 Å². The third-order valence-electron chi connectivity index (χ3n) is 4.14. The lowest BCUT2D eigenvalue weighted by molar-refractivity contribution is 0.364. The lowest BCUT2D eigenvalue weighted by Crippen LogP contribution is -2.32. The molecule has 1 aromatic rings. The van der Waals surface area contributed by atoms with Crippen LogP contribution in [0.4, 0.5) is 0 Å². The monoisotopic (exact) mass is 247 g/mol. The molecule has 18 heavy (non-hydrogen) atoms. The molecule has 3 rings (SSSR count). The van der Waals surface area contributed by atoms with E-state index in [2.05, 4.69) is 18.3 Å². The number of fused-ring (bicyclic) bond motifs is 1. The number of ether oxygens (including phenoxy) is 2. The highest BCUT2D eigenvalue weighted by Crippen LogP contribution is 2.49. The van der Waals surface area contributed by atoms with Crippen LogP contribution in [0.15, 0.2) is 6.07 Å². The molecule has 2 aliphatic rings. The Labute approximate surface area is 108 Å². The quantitative estimate of drug-likeness (QED) is 0.890. The van der Waals surface area contributed by atoms with Gasteiger partial charge in [-0.15, -0.1) is 0 Å². The van der Waals surface area contributed by atoms with Crippen molar-refractivity contribution in [2.24, 2.45) is 5.92 Å². The van der Waals surface area contributed by atoms with Crippen molar-refractivity contribution in [1.82, 2.24) is 5.32 Å². The van der Waals surface area contributed by atoms with Crippen LogP contribution in [0.25, 0.3) is 0 Å². The van der Waals surface area contributed by atoms with Gasteiger partial charge in [-0.2, -0.15) is 0 Å². The summed E-state index contributed by atoms with van der Waals surface area (Å²) in [6.07, 6.45) is 3.69. The molecule has 0 amide bonds. The molecule has 0 spiro atoms. The van der Waals surface area contributed by atoms with Crippen LogP contribution in [0.3, 0.4) is 0 Å². The summed E-state index contributed by atoms with van der Waals surface area (Å²) in [5, 5.41) is 3.65. The van der Waals surface area contributed by atoms with Gasteiger partial charge in [0, 0.05) is 17.2 Å². The van der Waals surface area contributed by atoms with Gasteiger partial charge in [-0.05, 0) is 50.3 Å². The SMILES string of the molecule is COc1cc(C)c(OC)c2c1CCNC2C1CC1. The molecule has 1 atom stereocenters. The number of methoxy groups -OCH3 is 2. The average Bonchev–Trinajstić information content (AvgIpc) is 3.21. The first-order valence-corrected chi connectivity index (χ1v) is 6.74. The topological polar surface area (TPSA) is 30.5 Å². The second-order valence-electron chi connectivity index (χ2n) is 5.34. The van der Waals surface area contributed by atoms with Gasteiger partial charge in [0.1, 0.15) is 11.5 Å². The molecule has 0 bridgehead atoms. The van der Waals surface area contributed by atoms with Gasteiger partial charge >= 0.3 is 0 Å². The first kappa shape index (κ1) is 11.8. The van der Waals surface area contributed by atoms with E-state index in [0.717, 1.165) is 30.4 Å². The van der Waals surface area contributed by atoms with Gasteiger partial charge in [0.05, 0.1) is 14.2 Å². The van der Waals surface area contributed by atoms with Crippen LogP contribution in [0.1, 0.15) is 35.6 Å². The van der Waals surface area contributed by atoms with Crippen molar-refractivity contribution in [2.75, 3.05) is 20.8 Å². The van der Waals surface area contributed by atoms with Crippen molar-refractivity contribution in [3.63, 3.8) is 0 Å². The molecular weight excluding hydrogens is 226 g/mol. The van der Waals surface area contributed by atoms with Gasteiger partial charge in [0.25, 0.3) is 0 Å². The Morgan fingerprint density at radius 1 is 1.22 bits per heavy atom. The van der Waals surface area contributed by atoms with Crippen molar-refractivity contribution >= 4 is 0 Å². The van der Waals surface area contributed by atoms with Gasteiger partial charge < -0.3 is 14.8 Å². The minimum atomic E-state index is 0.456. The molecule has 1 aliphatic carbocycles. The van der Waals surface area contributed by atoms with Gasteiger partial charge in [-0.25, -0.2) is 0 Å². The summed E-state index contributed by atoms with van der Waals surface area (Å²) in [4.78, 5) is 0. The number of nitrogens with one attached hydrogen (secondary N) is 1. The predicted octanol–water partition coefficient (Wildman–Crippen LogP) is 2.61. The van der Waals surface area contributed by atoms with E-state index >= 15 is 0 Å². The fourth-order valence-corrected chi connectivity index (χ4v) is 3.16. The zero-order valence-corrected chi connectivity index (χ0v) is 11.4. The molecule has 0 radical (unpaired) electrons. The molecule has 1 aliphatic heterocycles. The van der Waals surface area contributed by atoms with E-state index in [0.29, 0.717) is 6.04 Å². The van der Waals surface area contributed by atoms with E-state index in [-0.39, 0.29) is 0 Å². The van der Waals surface area contributed by atoms with E-state index in [4.69, 9.17) is 9.47 Å². The maximum absolute atomic E-state index is 5.66. The summed E-state index contributed by atoms with van der Waals surface area (Å²) >= 11 is 0. The molecule has 3 nitrogen and oxygen atoms in total. The lowest BCUT2D eigenvalue weighted by atomic mass is 9.88. The zero-order chi connectivity index (χ0) is 12.7. The predicted molar refractivity (Wildman–Crippen MR) is 71.5 cm³/mol. The Hall–Kier alpha value is -1.22. The van der Waals surface area contributed by atoms with Gasteiger partial charge in [-0.3, -0.25) is 0 Å². The molecule has 1 saturated carbocycles. The smallest absolute Gasteiger partial charge is 0.127 e. The maximum atomic E-state index is 5.66. The summed E-state index contributed by atoms with van der Waals surface area (Å²) in [6, 6.07) is 2.56. The highest BCUT2D eigenvalue weighted by Gasteiger charge is 2.38. The van der Waals surface area contributed by atoms with Gasteiger partial charge in [0.15, 0.2) is 0 Å². The number of aryl methyl sites for hydroxylation is 1. The third-order valence-corrected chi connectivity index (χ3v) is 4.14. The van der Waals surface area contributed by atoms with Crippen molar-refractivity contribution in [3.05, 3.63) is 22.8 Å². The highest BCUT2D eigenvalue weighted by atomic mass is 16.5. The molecule has 0 aromatic heterocycles. The molecular formula is C15H21NO2. The van der Waals surface area contributed by atoms with E-state index in [9.17, 15) is 0 Å². The molecule has 1 fully saturated rings. The van der Waals surface area contributed by atoms with Crippen molar-refractivity contribution in [3.8, 4) is 11.5 Å². The molecule has 3 heteroatoms. The van der Waals surface area contributed by atoms with Gasteiger partial charge in [0.2, 0.25) is 0 Å². The zero-order valence-electron chi connectivity index (χ0n) is 11.4. The van der Waals surface area contributed by atoms with Gasteiger partial charge in [-0.1, -0.05) is 0 Å². The lowest BCUT2D eigenvalue weighted by Gasteiger charge is -2.31. The standard InChI is InChI=1S/C15H21NO2/c1-9-8-12(17-2)11-6-7-16-14(10-4-5-10)13(11)15(9)18-3/h8,10,14,16H,4-7H2,1-3H3. The summed E-state index contributed by atoms with van der Waals surface area (Å²) in [6.45, 7) is 3.14. The van der Waals surface area contributed by atoms with Crippen LogP contribution in [0, 0.1) is 12.8 Å². The van der Waals surface area contributed by atoms with Crippen LogP contribution in [0.5, 0.6) is 11.5 Å². The van der Waals surface area contributed by atoms with E-state index in [1.807, 2.05) is 0 Å². The number of hydrogen-bond acceptors (Lipinski definition) is 3. The molecule has 1 heterocycles. The number of benzene rings is 1. The normalized spacial score (nSPS) is 22.5. The first-order valence-electron chi connectivity index (χ1n) is 6.74. The number of hydrogen-bond donors (Lipinski definition) is 1. The summed E-state index contributed by atoms with van der Waals surface area (Å²) in [5.41, 5.74) is 3.86. The van der Waals surface area contributed by atoms with Crippen LogP contribution >= 0.6 is 0 Å². The highest BCUT2D eigenvalue weighted by molar-refractivity contribution is 5.56. The van der Waals surface area contributed by atoms with E-state index < -0.39 is 0 Å². The Morgan fingerprint density at radius 2 is 2.00 bits per heavy atom. The van der Waals surface area contributed by atoms with Crippen molar-refractivity contribution in [1.29, 1.82) is 0 Å². The molecule has 98 valence electrons. The number of rotatable bonds is 3. The van der Waals surface area contributed by atoms with E-state index in [1.165, 1.54) is 29.5 Å². The fourth-order valence-electron chi connectivity index (χ4n) is 3.16. The Kier molecular flexibility index (Phi) is 2.94. The second kappa shape index (κ2) is 4.47. The molecule has 1 aromatic carbocycles.